The van der Waals surface area contributed by atoms with Crippen LogP contribution in [0, 0.1) is 12.0 Å². The highest BCUT2D eigenvalue weighted by Gasteiger charge is 2.49. The molecule has 4 rings (SSSR count). The molecule has 2 atom stereocenters. The van der Waals surface area contributed by atoms with E-state index in [2.05, 4.69) is 4.85 Å². The molecule has 2 aromatic rings. The number of likely N-dealkylation sites (tertiary alicyclic amines) is 1. The Morgan fingerprint density at radius 3 is 2.55 bits per heavy atom. The zero-order valence-electron chi connectivity index (χ0n) is 17.2. The second-order valence-electron chi connectivity index (χ2n) is 9.20. The van der Waals surface area contributed by atoms with Gasteiger partial charge in [-0.15, -0.1) is 0 Å². The molecule has 1 saturated heterocycles. The summed E-state index contributed by atoms with van der Waals surface area (Å²) in [6.07, 6.45) is -4.00. The van der Waals surface area contributed by atoms with Crippen molar-refractivity contribution < 1.29 is 23.1 Å². The van der Waals surface area contributed by atoms with Crippen LogP contribution < -0.4 is 5.69 Å². The maximum absolute atomic E-state index is 13.4. The van der Waals surface area contributed by atoms with E-state index in [4.69, 9.17) is 6.57 Å². The zero-order chi connectivity index (χ0) is 22.9. The zero-order valence-corrected chi connectivity index (χ0v) is 17.2. The van der Waals surface area contributed by atoms with Crippen molar-refractivity contribution in [3.63, 3.8) is 0 Å². The van der Waals surface area contributed by atoms with E-state index in [0.29, 0.717) is 25.5 Å². The first kappa shape index (κ1) is 21.0. The molecule has 31 heavy (non-hydrogen) atoms. The van der Waals surface area contributed by atoms with Crippen molar-refractivity contribution in [2.75, 3.05) is 6.54 Å². The number of hydrogen-bond donors (Lipinski definition) is 1. The maximum atomic E-state index is 13.4. The molecule has 0 spiro atoms. The fraction of sp³-hybridized carbons (Fsp3) is 0.476. The molecule has 3 heterocycles. The van der Waals surface area contributed by atoms with Crippen LogP contribution in [0.2, 0.25) is 0 Å². The van der Waals surface area contributed by atoms with Crippen molar-refractivity contribution in [2.24, 2.45) is 5.41 Å². The lowest BCUT2D eigenvalue weighted by Crippen LogP contribution is -2.39. The summed E-state index contributed by atoms with van der Waals surface area (Å²) in [7, 11) is 0. The Bertz CT molecular complexity index is 1180. The molecule has 1 amide bonds. The van der Waals surface area contributed by atoms with Gasteiger partial charge < -0.3 is 10.0 Å². The molecular formula is C21H21F3N4O3. The Kier molecular flexibility index (Phi) is 4.50. The van der Waals surface area contributed by atoms with Crippen molar-refractivity contribution in [1.82, 2.24) is 14.0 Å². The Hall–Kier alpha value is -3.22. The molecule has 0 radical (unpaired) electrons. The van der Waals surface area contributed by atoms with E-state index in [-0.39, 0.29) is 28.7 Å². The minimum atomic E-state index is -4.78. The molecule has 1 N–H and O–H groups in total. The molecule has 2 aliphatic rings. The number of carbonyl (C=O) groups is 1. The molecule has 1 aromatic heterocycles. The highest BCUT2D eigenvalue weighted by Crippen LogP contribution is 2.49. The van der Waals surface area contributed by atoms with Gasteiger partial charge in [-0.1, -0.05) is 26.8 Å². The van der Waals surface area contributed by atoms with Crippen LogP contribution in [0.5, 0.6) is 5.88 Å². The normalized spacial score (nSPS) is 20.1. The lowest BCUT2D eigenvalue weighted by Gasteiger charge is -2.30. The van der Waals surface area contributed by atoms with Crippen molar-refractivity contribution in [3.05, 3.63) is 51.4 Å². The number of fused-ring (bicyclic) bond motifs is 5. The lowest BCUT2D eigenvalue weighted by atomic mass is 9.91. The van der Waals surface area contributed by atoms with E-state index < -0.39 is 35.0 Å². The summed E-state index contributed by atoms with van der Waals surface area (Å²) in [5.74, 6) is -0.568. The topological polar surface area (TPSA) is 71.8 Å². The van der Waals surface area contributed by atoms with Crippen LogP contribution in [0.15, 0.2) is 23.0 Å². The second kappa shape index (κ2) is 6.64. The first-order chi connectivity index (χ1) is 14.3. The summed E-state index contributed by atoms with van der Waals surface area (Å²) >= 11 is 0. The van der Waals surface area contributed by atoms with Crippen LogP contribution >= 0.6 is 0 Å². The molecule has 0 saturated carbocycles. The van der Waals surface area contributed by atoms with E-state index in [9.17, 15) is 27.9 Å². The number of carbonyl (C=O) groups excluding carboxylic acids is 1. The summed E-state index contributed by atoms with van der Waals surface area (Å²) in [5, 5.41) is 10.8. The van der Waals surface area contributed by atoms with Crippen molar-refractivity contribution in [3.8, 4) is 11.6 Å². The van der Waals surface area contributed by atoms with Crippen LogP contribution in [0.25, 0.3) is 10.5 Å². The van der Waals surface area contributed by atoms with E-state index >= 15 is 0 Å². The highest BCUT2D eigenvalue weighted by molar-refractivity contribution is 5.78. The fourth-order valence-corrected chi connectivity index (χ4v) is 4.50. The quantitative estimate of drug-likeness (QED) is 0.721. The number of aromatic hydroxyl groups is 1. The monoisotopic (exact) mass is 434 g/mol. The number of alkyl halides is 3. The van der Waals surface area contributed by atoms with Gasteiger partial charge in [-0.3, -0.25) is 9.36 Å². The van der Waals surface area contributed by atoms with Gasteiger partial charge in [-0.25, -0.2) is 14.2 Å². The Balaban J connectivity index is 1.78. The molecule has 1 unspecified atom stereocenters. The van der Waals surface area contributed by atoms with Gasteiger partial charge in [0.1, 0.15) is 5.69 Å². The standard InChI is InChI=1S/C21H21F3N4O3/c1-20(2,3)9-16(29)26-10-12-8-15(26)17-18(30)28(19(31)27(12)17)11-5-6-14(25-4)13(7-11)21(22,23)24/h5-7,12,15,30H,8-10H2,1-3H3/t12?,15-/m1/s1. The van der Waals surface area contributed by atoms with Gasteiger partial charge in [0.2, 0.25) is 11.8 Å². The number of aromatic nitrogens is 2. The Labute approximate surface area is 176 Å². The number of imidazole rings is 1. The first-order valence-corrected chi connectivity index (χ1v) is 9.78. The van der Waals surface area contributed by atoms with Crippen molar-refractivity contribution in [1.29, 1.82) is 0 Å². The van der Waals surface area contributed by atoms with E-state index in [0.717, 1.165) is 10.6 Å². The summed E-state index contributed by atoms with van der Waals surface area (Å²) in [4.78, 5) is 30.3. The predicted molar refractivity (Wildman–Crippen MR) is 105 cm³/mol. The fourth-order valence-electron chi connectivity index (χ4n) is 4.50. The number of nitrogens with zero attached hydrogens (tertiary/aromatic N) is 4. The van der Waals surface area contributed by atoms with E-state index in [1.165, 1.54) is 10.6 Å². The van der Waals surface area contributed by atoms with Crippen LogP contribution in [0.4, 0.5) is 18.9 Å². The third-order valence-corrected chi connectivity index (χ3v) is 5.72. The van der Waals surface area contributed by atoms with Gasteiger partial charge in [0.25, 0.3) is 0 Å². The van der Waals surface area contributed by atoms with Crippen LogP contribution in [0.3, 0.4) is 0 Å². The van der Waals surface area contributed by atoms with Gasteiger partial charge in [0.15, 0.2) is 5.69 Å². The molecule has 2 aliphatic heterocycles. The van der Waals surface area contributed by atoms with E-state index in [1.54, 1.807) is 4.90 Å². The minimum absolute atomic E-state index is 0.0911. The molecule has 10 heteroatoms. The van der Waals surface area contributed by atoms with Gasteiger partial charge >= 0.3 is 11.9 Å². The average Bonchev–Trinajstić information content (AvgIpc) is 3.31. The molecule has 7 nitrogen and oxygen atoms in total. The number of hydrogen-bond acceptors (Lipinski definition) is 3. The van der Waals surface area contributed by atoms with Crippen LogP contribution in [-0.4, -0.2) is 31.6 Å². The number of benzene rings is 1. The number of rotatable bonds is 2. The Morgan fingerprint density at radius 1 is 1.29 bits per heavy atom. The van der Waals surface area contributed by atoms with E-state index in [1.807, 2.05) is 20.8 Å². The van der Waals surface area contributed by atoms with Gasteiger partial charge in [0, 0.05) is 13.0 Å². The third-order valence-electron chi connectivity index (χ3n) is 5.72. The molecule has 1 aromatic carbocycles. The highest BCUT2D eigenvalue weighted by atomic mass is 19.4. The SMILES string of the molecule is [C-]#[N+]c1ccc(-n2c(O)c3n(c2=O)C2C[C@H]3N(C(=O)CC(C)(C)C)C2)cc1C(F)(F)F. The minimum Gasteiger partial charge on any atom is -0.493 e. The molecule has 164 valence electrons. The number of halogens is 3. The van der Waals surface area contributed by atoms with Crippen LogP contribution in [0.1, 0.15) is 57.0 Å². The second-order valence-corrected chi connectivity index (χ2v) is 9.20. The molecular weight excluding hydrogens is 413 g/mol. The van der Waals surface area contributed by atoms with Gasteiger partial charge in [-0.2, -0.15) is 13.2 Å². The van der Waals surface area contributed by atoms with Gasteiger partial charge in [-0.05, 0) is 24.0 Å². The number of amides is 1. The summed E-state index contributed by atoms with van der Waals surface area (Å²) in [6, 6.07) is 2.03. The first-order valence-electron chi connectivity index (χ1n) is 9.78. The lowest BCUT2D eigenvalue weighted by molar-refractivity contribution is -0.137. The average molecular weight is 434 g/mol. The third kappa shape index (κ3) is 3.28. The summed E-state index contributed by atoms with van der Waals surface area (Å²) in [5.41, 5.74) is -2.60. The van der Waals surface area contributed by atoms with Crippen molar-refractivity contribution >= 4 is 11.6 Å². The summed E-state index contributed by atoms with van der Waals surface area (Å²) < 4.78 is 42.3. The Morgan fingerprint density at radius 2 is 1.97 bits per heavy atom. The largest absolute Gasteiger partial charge is 0.493 e. The maximum Gasteiger partial charge on any atom is 0.407 e. The van der Waals surface area contributed by atoms with Gasteiger partial charge in [0.05, 0.1) is 29.9 Å². The predicted octanol–water partition coefficient (Wildman–Crippen LogP) is 4.18. The van der Waals surface area contributed by atoms with Crippen LogP contribution in [-0.2, 0) is 11.0 Å². The summed E-state index contributed by atoms with van der Waals surface area (Å²) in [6.45, 7) is 13.1. The molecule has 1 fully saturated rings. The van der Waals surface area contributed by atoms with Crippen molar-refractivity contribution in [2.45, 2.75) is 51.9 Å². The smallest absolute Gasteiger partial charge is 0.407 e. The molecule has 2 bridgehead atoms. The molecule has 0 aliphatic carbocycles.